The van der Waals surface area contributed by atoms with Gasteiger partial charge in [-0.2, -0.15) is 18.2 Å². The summed E-state index contributed by atoms with van der Waals surface area (Å²) in [4.78, 5) is 19.4. The summed E-state index contributed by atoms with van der Waals surface area (Å²) < 4.78 is 52.4. The van der Waals surface area contributed by atoms with Crippen LogP contribution in [0.15, 0.2) is 54.7 Å². The van der Waals surface area contributed by atoms with Crippen LogP contribution in [0.2, 0.25) is 0 Å². The maximum absolute atomic E-state index is 13.5. The Morgan fingerprint density at radius 2 is 1.76 bits per heavy atom. The second-order valence-corrected chi connectivity index (χ2v) is 11.3. The monoisotopic (exact) mass is 477 g/mol. The largest absolute Gasteiger partial charge is 0.421 e. The molecule has 33 heavy (non-hydrogen) atoms. The number of hydrogen-bond acceptors (Lipinski definition) is 6. The van der Waals surface area contributed by atoms with Crippen LogP contribution in [0.5, 0.6) is 0 Å². The van der Waals surface area contributed by atoms with Crippen LogP contribution in [0.4, 0.5) is 30.6 Å². The molecule has 0 atom stereocenters. The van der Waals surface area contributed by atoms with Gasteiger partial charge in [0.25, 0.3) is 0 Å². The summed E-state index contributed by atoms with van der Waals surface area (Å²) >= 11 is 0. The second kappa shape index (κ2) is 9.62. The first-order valence-electron chi connectivity index (χ1n) is 9.88. The molecule has 0 unspecified atom stereocenters. The highest BCUT2D eigenvalue weighted by Gasteiger charge is 2.35. The summed E-state index contributed by atoms with van der Waals surface area (Å²) in [5, 5.41) is 5.51. The van der Waals surface area contributed by atoms with Crippen LogP contribution >= 0.6 is 7.14 Å². The zero-order valence-electron chi connectivity index (χ0n) is 18.0. The van der Waals surface area contributed by atoms with Crippen molar-refractivity contribution in [3.8, 4) is 0 Å². The fourth-order valence-electron chi connectivity index (χ4n) is 3.14. The Hall–Kier alpha value is -3.39. The van der Waals surface area contributed by atoms with E-state index in [9.17, 15) is 22.5 Å². The van der Waals surface area contributed by atoms with Crippen molar-refractivity contribution in [2.24, 2.45) is 5.73 Å². The molecule has 4 N–H and O–H groups in total. The molecular weight excluding hydrogens is 454 g/mol. The minimum Gasteiger partial charge on any atom is -0.366 e. The van der Waals surface area contributed by atoms with E-state index in [2.05, 4.69) is 20.6 Å². The lowest BCUT2D eigenvalue weighted by molar-refractivity contribution is -0.137. The predicted molar refractivity (Wildman–Crippen MR) is 122 cm³/mol. The molecule has 3 aromatic rings. The zero-order valence-corrected chi connectivity index (χ0v) is 18.9. The molecule has 0 saturated carbocycles. The number of benzene rings is 2. The average molecular weight is 477 g/mol. The van der Waals surface area contributed by atoms with Gasteiger partial charge in [0.2, 0.25) is 11.9 Å². The minimum atomic E-state index is -4.68. The molecule has 0 aliphatic heterocycles. The van der Waals surface area contributed by atoms with Gasteiger partial charge in [0.1, 0.15) is 11.4 Å². The average Bonchev–Trinajstić information content (AvgIpc) is 2.72. The number of nitrogens with two attached hydrogens (primary N) is 1. The van der Waals surface area contributed by atoms with Crippen molar-refractivity contribution >= 4 is 30.5 Å². The number of amides is 1. The Labute approximate surface area is 189 Å². The van der Waals surface area contributed by atoms with Gasteiger partial charge in [-0.15, -0.1) is 0 Å². The topological polar surface area (TPSA) is 110 Å². The van der Waals surface area contributed by atoms with Crippen LogP contribution < -0.4 is 16.4 Å². The zero-order chi connectivity index (χ0) is 24.2. The first kappa shape index (κ1) is 24.3. The van der Waals surface area contributed by atoms with Gasteiger partial charge in [0.15, 0.2) is 0 Å². The Morgan fingerprint density at radius 3 is 2.36 bits per heavy atom. The van der Waals surface area contributed by atoms with E-state index in [1.165, 1.54) is 6.07 Å². The summed E-state index contributed by atoms with van der Waals surface area (Å²) in [5.41, 5.74) is 6.39. The number of aromatic nitrogens is 2. The lowest BCUT2D eigenvalue weighted by Gasteiger charge is -2.16. The minimum absolute atomic E-state index is 0.0434. The van der Waals surface area contributed by atoms with Crippen molar-refractivity contribution < 1.29 is 22.5 Å². The third-order valence-corrected chi connectivity index (χ3v) is 5.72. The molecule has 0 radical (unpaired) electrons. The van der Waals surface area contributed by atoms with Crippen LogP contribution in [0.3, 0.4) is 0 Å². The standard InChI is InChI=1S/C22H23F3N5O2P/c1-33(2,32)13-14-7-9-16(10-8-14)29-21-28-12-18(22(23,24)25)20(30-21)27-11-15-5-3-4-6-17(15)19(26)31/h3-10,12H,11,13H2,1-2H3,(H2,26,31)(H2,27,28,29,30). The van der Waals surface area contributed by atoms with Crippen molar-refractivity contribution in [3.05, 3.63) is 77.0 Å². The van der Waals surface area contributed by atoms with Gasteiger partial charge in [0.05, 0.1) is 7.14 Å². The van der Waals surface area contributed by atoms with E-state index in [0.717, 1.165) is 5.56 Å². The van der Waals surface area contributed by atoms with Crippen molar-refractivity contribution in [2.75, 3.05) is 24.0 Å². The number of rotatable bonds is 8. The van der Waals surface area contributed by atoms with E-state index in [4.69, 9.17) is 5.73 Å². The molecule has 0 saturated heterocycles. The normalized spacial score (nSPS) is 11.8. The summed E-state index contributed by atoms with van der Waals surface area (Å²) in [6, 6.07) is 13.3. The number of anilines is 3. The van der Waals surface area contributed by atoms with Crippen LogP contribution in [-0.4, -0.2) is 29.2 Å². The van der Waals surface area contributed by atoms with E-state index in [1.54, 1.807) is 55.8 Å². The maximum Gasteiger partial charge on any atom is 0.421 e. The third kappa shape index (κ3) is 6.79. The molecular formula is C22H23F3N5O2P. The van der Waals surface area contributed by atoms with Crippen molar-refractivity contribution in [1.82, 2.24) is 9.97 Å². The van der Waals surface area contributed by atoms with Gasteiger partial charge in [-0.25, -0.2) is 4.98 Å². The number of halogens is 3. The SMILES string of the molecule is CP(C)(=O)Cc1ccc(Nc2ncc(C(F)(F)F)c(NCc3ccccc3C(N)=O)n2)cc1. The van der Waals surface area contributed by atoms with Gasteiger partial charge in [-0.1, -0.05) is 30.3 Å². The predicted octanol–water partition coefficient (Wildman–Crippen LogP) is 5.07. The van der Waals surface area contributed by atoms with Crippen LogP contribution in [0.25, 0.3) is 0 Å². The number of carbonyl (C=O) groups excluding carboxylic acids is 1. The Kier molecular flexibility index (Phi) is 7.07. The molecule has 0 aliphatic rings. The van der Waals surface area contributed by atoms with Crippen molar-refractivity contribution in [1.29, 1.82) is 0 Å². The molecule has 0 fully saturated rings. The summed E-state index contributed by atoms with van der Waals surface area (Å²) in [6.07, 6.45) is -3.54. The highest BCUT2D eigenvalue weighted by Crippen LogP contribution is 2.40. The fraction of sp³-hybridized carbons (Fsp3) is 0.227. The molecule has 2 aromatic carbocycles. The number of primary amides is 1. The smallest absolute Gasteiger partial charge is 0.366 e. The quantitative estimate of drug-likeness (QED) is 0.391. The van der Waals surface area contributed by atoms with Crippen LogP contribution in [0, 0.1) is 0 Å². The lowest BCUT2D eigenvalue weighted by atomic mass is 10.1. The first-order chi connectivity index (χ1) is 15.4. The van der Waals surface area contributed by atoms with E-state index < -0.39 is 30.6 Å². The molecule has 0 aliphatic carbocycles. The number of alkyl halides is 3. The number of nitrogens with one attached hydrogen (secondary N) is 2. The third-order valence-electron chi connectivity index (χ3n) is 4.60. The lowest BCUT2D eigenvalue weighted by Crippen LogP contribution is -2.17. The van der Waals surface area contributed by atoms with E-state index in [1.807, 2.05) is 0 Å². The molecule has 174 valence electrons. The Balaban J connectivity index is 1.83. The Morgan fingerprint density at radius 1 is 1.09 bits per heavy atom. The molecule has 0 spiro atoms. The molecule has 11 heteroatoms. The van der Waals surface area contributed by atoms with Crippen molar-refractivity contribution in [2.45, 2.75) is 18.9 Å². The molecule has 1 amide bonds. The highest BCUT2D eigenvalue weighted by molar-refractivity contribution is 7.61. The molecule has 3 rings (SSSR count). The van der Waals surface area contributed by atoms with Crippen molar-refractivity contribution in [3.63, 3.8) is 0 Å². The van der Waals surface area contributed by atoms with E-state index >= 15 is 0 Å². The summed E-state index contributed by atoms with van der Waals surface area (Å²) in [7, 11) is -2.23. The van der Waals surface area contributed by atoms with Crippen LogP contribution in [0.1, 0.15) is 27.0 Å². The first-order valence-corrected chi connectivity index (χ1v) is 12.7. The van der Waals surface area contributed by atoms with E-state index in [0.29, 0.717) is 23.6 Å². The van der Waals surface area contributed by atoms with Gasteiger partial charge in [-0.3, -0.25) is 4.79 Å². The fourth-order valence-corrected chi connectivity index (χ4v) is 4.23. The highest BCUT2D eigenvalue weighted by atomic mass is 31.2. The molecule has 0 bridgehead atoms. The molecule has 1 aromatic heterocycles. The Bertz CT molecular complexity index is 1190. The number of hydrogen-bond donors (Lipinski definition) is 3. The maximum atomic E-state index is 13.5. The number of nitrogens with zero attached hydrogens (tertiary/aromatic N) is 2. The second-order valence-electron chi connectivity index (χ2n) is 7.88. The van der Waals surface area contributed by atoms with Gasteiger partial charge < -0.3 is 20.9 Å². The summed E-state index contributed by atoms with van der Waals surface area (Å²) in [5.74, 6) is -1.16. The van der Waals surface area contributed by atoms with E-state index in [-0.39, 0.29) is 18.1 Å². The van der Waals surface area contributed by atoms with Crippen LogP contribution in [-0.2, 0) is 23.4 Å². The number of carbonyl (C=O) groups is 1. The van der Waals surface area contributed by atoms with Gasteiger partial charge in [0, 0.05) is 30.2 Å². The molecule has 1 heterocycles. The molecule has 7 nitrogen and oxygen atoms in total. The van der Waals surface area contributed by atoms with Gasteiger partial charge >= 0.3 is 6.18 Å². The summed E-state index contributed by atoms with van der Waals surface area (Å²) in [6.45, 7) is 3.30. The van der Waals surface area contributed by atoms with Gasteiger partial charge in [-0.05, 0) is 42.7 Å².